The first-order valence-electron chi connectivity index (χ1n) is 10.7. The van der Waals surface area contributed by atoms with E-state index in [4.69, 9.17) is 23.7 Å². The molecule has 5 rings (SSSR count). The molecule has 5 fully saturated rings. The molecule has 0 N–H and O–H groups in total. The molecule has 10 heteroatoms. The van der Waals surface area contributed by atoms with Crippen LogP contribution in [0, 0.1) is 0 Å². The Bertz CT molecular complexity index is 169. The van der Waals surface area contributed by atoms with Crippen LogP contribution in [0.15, 0.2) is 0 Å². The average molecular weight is 892 g/mol. The van der Waals surface area contributed by atoms with Crippen molar-refractivity contribution in [3.8, 4) is 0 Å². The van der Waals surface area contributed by atoms with Crippen molar-refractivity contribution in [3.63, 3.8) is 0 Å². The Morgan fingerprint density at radius 1 is 0.367 bits per heavy atom. The third kappa shape index (κ3) is 36.1. The fourth-order valence-electron chi connectivity index (χ4n) is 2.55. The van der Waals surface area contributed by atoms with E-state index in [2.05, 4.69) is 37.2 Å². The molecule has 0 saturated carbocycles. The zero-order valence-corrected chi connectivity index (χ0v) is 28.4. The maximum Gasteiger partial charge on any atom is 2.00 e. The number of ether oxygens (including phenoxy) is 5. The summed E-state index contributed by atoms with van der Waals surface area (Å²) < 4.78 is 24.7. The van der Waals surface area contributed by atoms with Gasteiger partial charge in [0.25, 0.3) is 0 Å². The third-order valence-electron chi connectivity index (χ3n) is 4.14. The van der Waals surface area contributed by atoms with Crippen LogP contribution in [-0.4, -0.2) is 89.1 Å². The summed E-state index contributed by atoms with van der Waals surface area (Å²) in [4.78, 5) is 0. The SMILES string of the molecule is C1CCOC1.C1CCOC1.C1CCOC1.C1CCOC1.C1CCOC1.I[I-]I.[I-].[Mg+2]. The van der Waals surface area contributed by atoms with E-state index in [0.717, 1.165) is 66.1 Å². The number of hydrogen-bond donors (Lipinski definition) is 0. The van der Waals surface area contributed by atoms with Gasteiger partial charge in [0.15, 0.2) is 0 Å². The Labute approximate surface area is 248 Å². The second-order valence-corrected chi connectivity index (χ2v) is 22.9. The van der Waals surface area contributed by atoms with Crippen molar-refractivity contribution in [1.82, 2.24) is 0 Å². The van der Waals surface area contributed by atoms with Crippen LogP contribution in [-0.2, 0) is 23.7 Å². The zero-order valence-electron chi connectivity index (χ0n) is 18.4. The monoisotopic (exact) mass is 892 g/mol. The predicted octanol–water partition coefficient (Wildman–Crippen LogP) is -0.617. The molecule has 0 radical (unpaired) electrons. The van der Waals surface area contributed by atoms with Crippen LogP contribution in [0.5, 0.6) is 0 Å². The van der Waals surface area contributed by atoms with E-state index < -0.39 is 0 Å². The molecule has 0 atom stereocenters. The number of rotatable bonds is 0. The minimum atomic E-state index is 0. The molecule has 180 valence electrons. The van der Waals surface area contributed by atoms with E-state index in [-0.39, 0.29) is 47.0 Å². The van der Waals surface area contributed by atoms with Crippen molar-refractivity contribution in [2.75, 3.05) is 66.1 Å². The van der Waals surface area contributed by atoms with Crippen LogP contribution in [0.2, 0.25) is 0 Å². The topological polar surface area (TPSA) is 46.2 Å². The van der Waals surface area contributed by atoms with Crippen molar-refractivity contribution >= 4 is 60.3 Å². The summed E-state index contributed by atoms with van der Waals surface area (Å²) in [6.45, 7) is 10.0. The van der Waals surface area contributed by atoms with Crippen molar-refractivity contribution in [2.24, 2.45) is 0 Å². The van der Waals surface area contributed by atoms with E-state index in [1.165, 1.54) is 64.2 Å². The summed E-state index contributed by atoms with van der Waals surface area (Å²) in [7, 11) is 0. The van der Waals surface area contributed by atoms with Gasteiger partial charge in [0.1, 0.15) is 0 Å². The van der Waals surface area contributed by atoms with E-state index >= 15 is 0 Å². The quantitative estimate of drug-likeness (QED) is 0.240. The Morgan fingerprint density at radius 3 is 0.500 bits per heavy atom. The van der Waals surface area contributed by atoms with Gasteiger partial charge in [0.2, 0.25) is 0 Å². The van der Waals surface area contributed by atoms with Gasteiger partial charge in [-0.05, 0) is 64.2 Å². The minimum Gasteiger partial charge on any atom is -1.00 e. The van der Waals surface area contributed by atoms with Gasteiger partial charge >= 0.3 is 73.5 Å². The fourth-order valence-corrected chi connectivity index (χ4v) is 2.55. The molecule has 5 heterocycles. The molecule has 0 amide bonds. The molecular formula is C20H40I4MgO5. The molecule has 0 spiro atoms. The first-order valence-corrected chi connectivity index (χ1v) is 23.2. The van der Waals surface area contributed by atoms with E-state index in [1.807, 2.05) is 0 Å². The second kappa shape index (κ2) is 37.0. The van der Waals surface area contributed by atoms with Gasteiger partial charge in [0, 0.05) is 66.1 Å². The first-order chi connectivity index (χ1) is 13.9. The van der Waals surface area contributed by atoms with Crippen LogP contribution in [0.1, 0.15) is 64.2 Å². The molecule has 0 aromatic heterocycles. The fraction of sp³-hybridized carbons (Fsp3) is 1.00. The zero-order chi connectivity index (χ0) is 20.4. The molecule has 0 unspecified atom stereocenters. The van der Waals surface area contributed by atoms with Gasteiger partial charge in [0.05, 0.1) is 0 Å². The van der Waals surface area contributed by atoms with Crippen LogP contribution in [0.25, 0.3) is 0 Å². The van der Waals surface area contributed by atoms with Crippen LogP contribution in [0.4, 0.5) is 0 Å². The smallest absolute Gasteiger partial charge is 1.00 e. The molecule has 0 aromatic carbocycles. The van der Waals surface area contributed by atoms with Gasteiger partial charge in [-0.25, -0.2) is 0 Å². The normalized spacial score (nSPS) is 20.7. The van der Waals surface area contributed by atoms with Gasteiger partial charge in [-0.1, -0.05) is 0 Å². The van der Waals surface area contributed by atoms with Crippen molar-refractivity contribution in [3.05, 3.63) is 0 Å². The van der Waals surface area contributed by atoms with Crippen molar-refractivity contribution in [2.45, 2.75) is 64.2 Å². The largest absolute Gasteiger partial charge is 2.00 e. The van der Waals surface area contributed by atoms with Gasteiger partial charge in [-0.15, -0.1) is 0 Å². The van der Waals surface area contributed by atoms with Crippen molar-refractivity contribution < 1.29 is 60.9 Å². The Balaban J connectivity index is -0.000000290. The Kier molecular flexibility index (Phi) is 47.0. The molecule has 30 heavy (non-hydrogen) atoms. The van der Waals surface area contributed by atoms with Gasteiger partial charge in [-0.3, -0.25) is 0 Å². The predicted molar refractivity (Wildman–Crippen MR) is 134 cm³/mol. The second-order valence-electron chi connectivity index (χ2n) is 6.65. The van der Waals surface area contributed by atoms with Gasteiger partial charge in [-0.2, -0.15) is 0 Å². The molecule has 0 bridgehead atoms. The van der Waals surface area contributed by atoms with Crippen LogP contribution >= 0.6 is 37.2 Å². The number of hydrogen-bond acceptors (Lipinski definition) is 5. The first kappa shape index (κ1) is 38.0. The Hall–Kier alpha value is 3.49. The number of halogens is 4. The summed E-state index contributed by atoms with van der Waals surface area (Å²) >= 11 is 5.30. The molecule has 5 nitrogen and oxygen atoms in total. The molecular weight excluding hydrogens is 852 g/mol. The Morgan fingerprint density at radius 2 is 0.467 bits per heavy atom. The maximum absolute atomic E-state index is 4.94. The van der Waals surface area contributed by atoms with E-state index in [9.17, 15) is 0 Å². The molecule has 0 aromatic rings. The maximum atomic E-state index is 4.94. The summed E-state index contributed by atoms with van der Waals surface area (Å²) in [6.07, 6.45) is 12.8. The summed E-state index contributed by atoms with van der Waals surface area (Å²) in [5.41, 5.74) is 0. The van der Waals surface area contributed by atoms with Crippen molar-refractivity contribution in [1.29, 1.82) is 0 Å². The molecule has 5 saturated heterocycles. The summed E-state index contributed by atoms with van der Waals surface area (Å²) in [5.74, 6) is 0. The van der Waals surface area contributed by atoms with Gasteiger partial charge < -0.3 is 47.7 Å². The summed E-state index contributed by atoms with van der Waals surface area (Å²) in [5, 5.41) is 0. The molecule has 0 aliphatic carbocycles. The minimum absolute atomic E-state index is 0. The van der Waals surface area contributed by atoms with Crippen LogP contribution in [0.3, 0.4) is 0 Å². The average Bonchev–Trinajstić information content (AvgIpc) is 3.63. The standard InChI is InChI=1S/5C4H8O.I3.HI.Mg/c5*1-2-4-5-3-1;1-3-2;;/h5*1-4H2;;1H;/q;;;;;-1;;+2/p-1. The summed E-state index contributed by atoms with van der Waals surface area (Å²) in [6, 6.07) is 0. The van der Waals surface area contributed by atoms with E-state index in [0.29, 0.717) is 13.3 Å². The van der Waals surface area contributed by atoms with E-state index in [1.54, 1.807) is 0 Å². The molecule has 5 aliphatic rings. The van der Waals surface area contributed by atoms with Crippen LogP contribution < -0.4 is 37.2 Å². The third-order valence-corrected chi connectivity index (χ3v) is 4.14. The molecule has 5 aliphatic heterocycles.